The number of hydrogen-bond donors (Lipinski definition) is 1. The van der Waals surface area contributed by atoms with E-state index in [-0.39, 0.29) is 5.92 Å². The van der Waals surface area contributed by atoms with E-state index in [1.54, 1.807) is 18.2 Å². The number of rotatable bonds is 2. The van der Waals surface area contributed by atoms with E-state index in [0.717, 1.165) is 0 Å². The Bertz CT molecular complexity index is 439. The van der Waals surface area contributed by atoms with Gasteiger partial charge in [-0.15, -0.1) is 0 Å². The maximum atomic E-state index is 11.9. The SMILES string of the molecule is COc1cccc2c1C(=O)O[C@H](C(C)C)[C@@H]2O. The van der Waals surface area contributed by atoms with Gasteiger partial charge in [-0.05, 0) is 12.0 Å². The number of hydrogen-bond acceptors (Lipinski definition) is 4. The summed E-state index contributed by atoms with van der Waals surface area (Å²) < 4.78 is 10.4. The molecule has 92 valence electrons. The summed E-state index contributed by atoms with van der Waals surface area (Å²) in [5.41, 5.74) is 0.915. The van der Waals surface area contributed by atoms with Crippen molar-refractivity contribution in [2.45, 2.75) is 26.1 Å². The Morgan fingerprint density at radius 1 is 1.41 bits per heavy atom. The van der Waals surface area contributed by atoms with Gasteiger partial charge >= 0.3 is 5.97 Å². The van der Waals surface area contributed by atoms with Gasteiger partial charge in [-0.25, -0.2) is 4.79 Å². The molecule has 0 radical (unpaired) electrons. The lowest BCUT2D eigenvalue weighted by Gasteiger charge is -2.32. The monoisotopic (exact) mass is 236 g/mol. The summed E-state index contributed by atoms with van der Waals surface area (Å²) in [6, 6.07) is 5.18. The van der Waals surface area contributed by atoms with Crippen molar-refractivity contribution < 1.29 is 19.4 Å². The Morgan fingerprint density at radius 3 is 2.71 bits per heavy atom. The number of carbonyl (C=O) groups is 1. The summed E-state index contributed by atoms with van der Waals surface area (Å²) in [5.74, 6) is 0.0727. The van der Waals surface area contributed by atoms with E-state index < -0.39 is 18.2 Å². The van der Waals surface area contributed by atoms with Crippen LogP contribution in [-0.2, 0) is 4.74 Å². The first kappa shape index (κ1) is 11.9. The molecule has 2 rings (SSSR count). The first-order valence-electron chi connectivity index (χ1n) is 5.62. The zero-order valence-corrected chi connectivity index (χ0v) is 10.1. The van der Waals surface area contributed by atoms with Gasteiger partial charge in [0.2, 0.25) is 0 Å². The summed E-state index contributed by atoms with van der Waals surface area (Å²) in [4.78, 5) is 11.9. The molecule has 0 aliphatic carbocycles. The fourth-order valence-corrected chi connectivity index (χ4v) is 2.11. The molecule has 1 N–H and O–H groups in total. The van der Waals surface area contributed by atoms with Gasteiger partial charge in [-0.1, -0.05) is 26.0 Å². The largest absolute Gasteiger partial charge is 0.496 e. The van der Waals surface area contributed by atoms with Crippen LogP contribution < -0.4 is 4.74 Å². The highest BCUT2D eigenvalue weighted by Crippen LogP contribution is 2.37. The molecular formula is C13H16O4. The van der Waals surface area contributed by atoms with Crippen LogP contribution in [0.4, 0.5) is 0 Å². The third-order valence-corrected chi connectivity index (χ3v) is 3.01. The molecule has 0 saturated heterocycles. The van der Waals surface area contributed by atoms with E-state index in [4.69, 9.17) is 9.47 Å². The standard InChI is InChI=1S/C13H16O4/c1-7(2)12-11(14)8-5-4-6-9(16-3)10(8)13(15)17-12/h4-7,11-12,14H,1-3H3/t11-,12-/m1/s1. The average Bonchev–Trinajstić information content (AvgIpc) is 2.32. The number of carbonyl (C=O) groups excluding carboxylic acids is 1. The lowest BCUT2D eigenvalue weighted by molar-refractivity contribution is -0.0480. The lowest BCUT2D eigenvalue weighted by atomic mass is 9.90. The van der Waals surface area contributed by atoms with E-state index >= 15 is 0 Å². The Labute approximate surface area is 100 Å². The van der Waals surface area contributed by atoms with Crippen LogP contribution in [0.1, 0.15) is 35.9 Å². The summed E-state index contributed by atoms with van der Waals surface area (Å²) >= 11 is 0. The molecule has 2 atom stereocenters. The number of aliphatic hydroxyl groups excluding tert-OH is 1. The molecule has 0 aromatic heterocycles. The van der Waals surface area contributed by atoms with Crippen LogP contribution in [0, 0.1) is 5.92 Å². The lowest BCUT2D eigenvalue weighted by Crippen LogP contribution is -2.36. The molecular weight excluding hydrogens is 220 g/mol. The number of aliphatic hydroxyl groups is 1. The minimum atomic E-state index is -0.794. The number of esters is 1. The fourth-order valence-electron chi connectivity index (χ4n) is 2.11. The molecule has 0 unspecified atom stereocenters. The second kappa shape index (κ2) is 4.37. The summed E-state index contributed by atoms with van der Waals surface area (Å²) in [5, 5.41) is 10.2. The topological polar surface area (TPSA) is 55.8 Å². The molecule has 1 aliphatic heterocycles. The van der Waals surface area contributed by atoms with E-state index in [1.807, 2.05) is 13.8 Å². The smallest absolute Gasteiger partial charge is 0.342 e. The molecule has 1 aromatic carbocycles. The predicted molar refractivity (Wildman–Crippen MR) is 62.0 cm³/mol. The van der Waals surface area contributed by atoms with Crippen LogP contribution in [0.5, 0.6) is 5.75 Å². The summed E-state index contributed by atoms with van der Waals surface area (Å²) in [6.45, 7) is 3.82. The highest BCUT2D eigenvalue weighted by molar-refractivity contribution is 5.95. The number of ether oxygens (including phenoxy) is 2. The van der Waals surface area contributed by atoms with Gasteiger partial charge < -0.3 is 14.6 Å². The van der Waals surface area contributed by atoms with Crippen LogP contribution in [0.2, 0.25) is 0 Å². The van der Waals surface area contributed by atoms with E-state index in [0.29, 0.717) is 16.9 Å². The van der Waals surface area contributed by atoms with E-state index in [9.17, 15) is 9.90 Å². The highest BCUT2D eigenvalue weighted by Gasteiger charge is 2.37. The van der Waals surface area contributed by atoms with Crippen molar-refractivity contribution in [1.82, 2.24) is 0 Å². The van der Waals surface area contributed by atoms with E-state index in [1.165, 1.54) is 7.11 Å². The van der Waals surface area contributed by atoms with Crippen LogP contribution in [0.15, 0.2) is 18.2 Å². The van der Waals surface area contributed by atoms with Crippen molar-refractivity contribution >= 4 is 5.97 Å². The maximum absolute atomic E-state index is 11.9. The Kier molecular flexibility index (Phi) is 3.07. The average molecular weight is 236 g/mol. The minimum Gasteiger partial charge on any atom is -0.496 e. The maximum Gasteiger partial charge on any atom is 0.342 e. The number of cyclic esters (lactones) is 1. The zero-order chi connectivity index (χ0) is 12.6. The predicted octanol–water partition coefficient (Wildman–Crippen LogP) is 1.92. The normalized spacial score (nSPS) is 23.2. The first-order valence-corrected chi connectivity index (χ1v) is 5.62. The van der Waals surface area contributed by atoms with Gasteiger partial charge in [0.15, 0.2) is 0 Å². The van der Waals surface area contributed by atoms with Crippen molar-refractivity contribution in [3.8, 4) is 5.75 Å². The van der Waals surface area contributed by atoms with Crippen molar-refractivity contribution in [3.05, 3.63) is 29.3 Å². The van der Waals surface area contributed by atoms with Gasteiger partial charge in [0.25, 0.3) is 0 Å². The van der Waals surface area contributed by atoms with Gasteiger partial charge in [-0.3, -0.25) is 0 Å². The zero-order valence-electron chi connectivity index (χ0n) is 10.1. The molecule has 4 nitrogen and oxygen atoms in total. The highest BCUT2D eigenvalue weighted by atomic mass is 16.6. The molecule has 0 fully saturated rings. The molecule has 0 bridgehead atoms. The molecule has 17 heavy (non-hydrogen) atoms. The van der Waals surface area contributed by atoms with Gasteiger partial charge in [0.05, 0.1) is 7.11 Å². The third kappa shape index (κ3) is 1.89. The Hall–Kier alpha value is -1.55. The number of methoxy groups -OCH3 is 1. The first-order chi connectivity index (χ1) is 8.06. The second-order valence-electron chi connectivity index (χ2n) is 4.48. The van der Waals surface area contributed by atoms with Crippen molar-refractivity contribution in [2.24, 2.45) is 5.92 Å². The van der Waals surface area contributed by atoms with Crippen LogP contribution in [0.3, 0.4) is 0 Å². The quantitative estimate of drug-likeness (QED) is 0.797. The third-order valence-electron chi connectivity index (χ3n) is 3.01. The molecule has 0 amide bonds. The second-order valence-corrected chi connectivity index (χ2v) is 4.48. The molecule has 0 spiro atoms. The molecule has 1 aromatic rings. The van der Waals surface area contributed by atoms with Crippen LogP contribution in [-0.4, -0.2) is 24.3 Å². The Morgan fingerprint density at radius 2 is 2.12 bits per heavy atom. The van der Waals surface area contributed by atoms with Gasteiger partial charge in [0.1, 0.15) is 23.5 Å². The molecule has 1 heterocycles. The van der Waals surface area contributed by atoms with Crippen molar-refractivity contribution in [1.29, 1.82) is 0 Å². The number of fused-ring (bicyclic) bond motifs is 1. The minimum absolute atomic E-state index is 0.0632. The van der Waals surface area contributed by atoms with Gasteiger partial charge in [0, 0.05) is 5.56 Å². The van der Waals surface area contributed by atoms with Crippen molar-refractivity contribution in [2.75, 3.05) is 7.11 Å². The summed E-state index contributed by atoms with van der Waals surface area (Å²) in [7, 11) is 1.49. The number of benzene rings is 1. The van der Waals surface area contributed by atoms with Crippen LogP contribution >= 0.6 is 0 Å². The van der Waals surface area contributed by atoms with Crippen LogP contribution in [0.25, 0.3) is 0 Å². The molecule has 4 heteroatoms. The van der Waals surface area contributed by atoms with Crippen molar-refractivity contribution in [3.63, 3.8) is 0 Å². The molecule has 0 saturated carbocycles. The Balaban J connectivity index is 2.51. The fraction of sp³-hybridized carbons (Fsp3) is 0.462. The van der Waals surface area contributed by atoms with Gasteiger partial charge in [-0.2, -0.15) is 0 Å². The summed E-state index contributed by atoms with van der Waals surface area (Å²) in [6.07, 6.45) is -1.29. The molecule has 1 aliphatic rings. The van der Waals surface area contributed by atoms with E-state index in [2.05, 4.69) is 0 Å².